The highest BCUT2D eigenvalue weighted by molar-refractivity contribution is 7.13. The number of para-hydroxylation sites is 1. The average molecular weight is 301 g/mol. The number of benzene rings is 1. The summed E-state index contributed by atoms with van der Waals surface area (Å²) in [6.45, 7) is 0. The molecule has 7 heteroatoms. The van der Waals surface area contributed by atoms with E-state index in [2.05, 4.69) is 9.97 Å². The van der Waals surface area contributed by atoms with Gasteiger partial charge in [-0.1, -0.05) is 12.1 Å². The predicted octanol–water partition coefficient (Wildman–Crippen LogP) is 1.97. The molecule has 1 aromatic carbocycles. The number of carbonyl (C=O) groups excluding carboxylic acids is 1. The van der Waals surface area contributed by atoms with E-state index >= 15 is 0 Å². The third-order valence-electron chi connectivity index (χ3n) is 3.12. The standard InChI is InChI=1S/C14H11N3O3S/c1-17(14-15-6-7-21-14)13(20)10-11(18)8-4-2-3-5-9(8)16-12(10)19/h2-7H,1H3,(H2,16,18,19). The van der Waals surface area contributed by atoms with Crippen LogP contribution in [0.5, 0.6) is 5.75 Å². The van der Waals surface area contributed by atoms with Gasteiger partial charge in [-0.3, -0.25) is 14.5 Å². The Morgan fingerprint density at radius 2 is 2.14 bits per heavy atom. The molecule has 2 heterocycles. The number of thiazole rings is 1. The van der Waals surface area contributed by atoms with Crippen LogP contribution >= 0.6 is 11.3 Å². The number of anilines is 1. The molecule has 0 aliphatic rings. The van der Waals surface area contributed by atoms with Gasteiger partial charge in [0.05, 0.1) is 5.52 Å². The van der Waals surface area contributed by atoms with Crippen molar-refractivity contribution in [3.63, 3.8) is 0 Å². The second-order valence-electron chi connectivity index (χ2n) is 4.40. The number of aromatic amines is 1. The fourth-order valence-electron chi connectivity index (χ4n) is 2.06. The molecule has 1 amide bonds. The third kappa shape index (κ3) is 2.17. The van der Waals surface area contributed by atoms with Gasteiger partial charge >= 0.3 is 0 Å². The van der Waals surface area contributed by atoms with Gasteiger partial charge in [0.1, 0.15) is 11.3 Å². The summed E-state index contributed by atoms with van der Waals surface area (Å²) in [5, 5.41) is 12.9. The van der Waals surface area contributed by atoms with Crippen LogP contribution in [0.4, 0.5) is 5.13 Å². The number of pyridine rings is 1. The normalized spacial score (nSPS) is 10.7. The van der Waals surface area contributed by atoms with Crippen molar-refractivity contribution in [2.45, 2.75) is 0 Å². The maximum atomic E-state index is 12.4. The summed E-state index contributed by atoms with van der Waals surface area (Å²) in [4.78, 5) is 32.4. The molecule has 3 rings (SSSR count). The molecule has 2 aromatic heterocycles. The fraction of sp³-hybridized carbons (Fsp3) is 0.0714. The molecule has 0 aliphatic carbocycles. The zero-order valence-electron chi connectivity index (χ0n) is 11.0. The number of amides is 1. The minimum atomic E-state index is -0.625. The van der Waals surface area contributed by atoms with Crippen LogP contribution in [-0.2, 0) is 0 Å². The summed E-state index contributed by atoms with van der Waals surface area (Å²) >= 11 is 1.27. The molecule has 0 unspecified atom stereocenters. The van der Waals surface area contributed by atoms with Crippen molar-refractivity contribution in [2.75, 3.05) is 11.9 Å². The number of hydrogen-bond donors (Lipinski definition) is 2. The van der Waals surface area contributed by atoms with Gasteiger partial charge in [-0.2, -0.15) is 0 Å². The van der Waals surface area contributed by atoms with Crippen molar-refractivity contribution in [1.82, 2.24) is 9.97 Å². The topological polar surface area (TPSA) is 86.3 Å². The zero-order chi connectivity index (χ0) is 15.0. The SMILES string of the molecule is CN(C(=O)c1c(O)c2ccccc2[nH]c1=O)c1nccs1. The molecule has 0 spiro atoms. The van der Waals surface area contributed by atoms with Crippen molar-refractivity contribution < 1.29 is 9.90 Å². The number of nitrogens with zero attached hydrogens (tertiary/aromatic N) is 2. The number of hydrogen-bond acceptors (Lipinski definition) is 5. The van der Waals surface area contributed by atoms with Gasteiger partial charge in [-0.25, -0.2) is 4.98 Å². The Hall–Kier alpha value is -2.67. The van der Waals surface area contributed by atoms with Crippen LogP contribution in [0.2, 0.25) is 0 Å². The first-order chi connectivity index (χ1) is 10.1. The van der Waals surface area contributed by atoms with E-state index < -0.39 is 11.5 Å². The summed E-state index contributed by atoms with van der Waals surface area (Å²) in [5.41, 5.74) is -0.431. The zero-order valence-corrected chi connectivity index (χ0v) is 11.8. The second kappa shape index (κ2) is 5.02. The maximum Gasteiger partial charge on any atom is 0.269 e. The van der Waals surface area contributed by atoms with Crippen LogP contribution in [0.1, 0.15) is 10.4 Å². The van der Waals surface area contributed by atoms with E-state index in [4.69, 9.17) is 0 Å². The van der Waals surface area contributed by atoms with Gasteiger partial charge in [0, 0.05) is 24.0 Å². The second-order valence-corrected chi connectivity index (χ2v) is 5.28. The first-order valence-corrected chi connectivity index (χ1v) is 6.99. The first kappa shape index (κ1) is 13.3. The molecular formula is C14H11N3O3S. The summed E-state index contributed by atoms with van der Waals surface area (Å²) in [6, 6.07) is 6.76. The van der Waals surface area contributed by atoms with Gasteiger partial charge in [0.15, 0.2) is 5.13 Å². The maximum absolute atomic E-state index is 12.4. The molecule has 0 atom stereocenters. The summed E-state index contributed by atoms with van der Waals surface area (Å²) in [7, 11) is 1.51. The van der Waals surface area contributed by atoms with E-state index in [1.807, 2.05) is 0 Å². The van der Waals surface area contributed by atoms with Gasteiger partial charge in [0.25, 0.3) is 11.5 Å². The Morgan fingerprint density at radius 3 is 2.86 bits per heavy atom. The Kier molecular flexibility index (Phi) is 3.19. The summed E-state index contributed by atoms with van der Waals surface area (Å²) in [5.74, 6) is -0.919. The molecule has 106 valence electrons. The fourth-order valence-corrected chi connectivity index (χ4v) is 2.67. The smallest absolute Gasteiger partial charge is 0.269 e. The van der Waals surface area contributed by atoms with Crippen molar-refractivity contribution in [3.8, 4) is 5.75 Å². The highest BCUT2D eigenvalue weighted by atomic mass is 32.1. The predicted molar refractivity (Wildman–Crippen MR) is 81.1 cm³/mol. The largest absolute Gasteiger partial charge is 0.506 e. The number of H-pyrrole nitrogens is 1. The molecule has 0 fully saturated rings. The van der Waals surface area contributed by atoms with Crippen molar-refractivity contribution in [2.24, 2.45) is 0 Å². The molecule has 0 radical (unpaired) electrons. The highest BCUT2D eigenvalue weighted by Gasteiger charge is 2.24. The summed E-state index contributed by atoms with van der Waals surface area (Å²) < 4.78 is 0. The Balaban J connectivity index is 2.16. The van der Waals surface area contributed by atoms with Crippen molar-refractivity contribution >= 4 is 33.3 Å². The summed E-state index contributed by atoms with van der Waals surface area (Å²) in [6.07, 6.45) is 1.56. The van der Waals surface area contributed by atoms with Crippen LogP contribution in [0.3, 0.4) is 0 Å². The Bertz CT molecular complexity index is 871. The third-order valence-corrected chi connectivity index (χ3v) is 3.97. The van der Waals surface area contributed by atoms with Crippen LogP contribution in [0, 0.1) is 0 Å². The van der Waals surface area contributed by atoms with Gasteiger partial charge < -0.3 is 10.1 Å². The number of aromatic nitrogens is 2. The van der Waals surface area contributed by atoms with Crippen molar-refractivity contribution in [1.29, 1.82) is 0 Å². The lowest BCUT2D eigenvalue weighted by Crippen LogP contribution is -2.31. The molecular weight excluding hydrogens is 290 g/mol. The van der Waals surface area contributed by atoms with E-state index in [0.29, 0.717) is 16.0 Å². The van der Waals surface area contributed by atoms with Crippen LogP contribution in [0.25, 0.3) is 10.9 Å². The minimum Gasteiger partial charge on any atom is -0.506 e. The molecule has 0 aliphatic heterocycles. The van der Waals surface area contributed by atoms with Gasteiger partial charge in [-0.05, 0) is 12.1 Å². The number of rotatable bonds is 2. The van der Waals surface area contributed by atoms with E-state index in [9.17, 15) is 14.7 Å². The lowest BCUT2D eigenvalue weighted by molar-refractivity contribution is 0.0989. The lowest BCUT2D eigenvalue weighted by atomic mass is 10.1. The Morgan fingerprint density at radius 1 is 1.38 bits per heavy atom. The monoisotopic (exact) mass is 301 g/mol. The Labute approximate surface area is 123 Å². The molecule has 0 bridgehead atoms. The number of carbonyl (C=O) groups is 1. The quantitative estimate of drug-likeness (QED) is 0.757. The van der Waals surface area contributed by atoms with Crippen LogP contribution < -0.4 is 10.5 Å². The number of aromatic hydroxyl groups is 1. The molecule has 0 saturated carbocycles. The van der Waals surface area contributed by atoms with Crippen LogP contribution in [-0.4, -0.2) is 28.0 Å². The van der Waals surface area contributed by atoms with E-state index in [0.717, 1.165) is 0 Å². The average Bonchev–Trinajstić information content (AvgIpc) is 3.00. The molecule has 21 heavy (non-hydrogen) atoms. The molecule has 2 N–H and O–H groups in total. The lowest BCUT2D eigenvalue weighted by Gasteiger charge is -2.14. The van der Waals surface area contributed by atoms with E-state index in [-0.39, 0.29) is 11.3 Å². The van der Waals surface area contributed by atoms with Crippen LogP contribution in [0.15, 0.2) is 40.6 Å². The highest BCUT2D eigenvalue weighted by Crippen LogP contribution is 2.26. The van der Waals surface area contributed by atoms with Gasteiger partial charge in [0.2, 0.25) is 0 Å². The first-order valence-electron chi connectivity index (χ1n) is 6.11. The molecule has 3 aromatic rings. The van der Waals surface area contributed by atoms with Gasteiger partial charge in [-0.15, -0.1) is 11.3 Å². The molecule has 6 nitrogen and oxygen atoms in total. The van der Waals surface area contributed by atoms with E-state index in [1.54, 1.807) is 35.8 Å². The minimum absolute atomic E-state index is 0.286. The molecule has 0 saturated heterocycles. The van der Waals surface area contributed by atoms with E-state index in [1.165, 1.54) is 23.3 Å². The number of fused-ring (bicyclic) bond motifs is 1. The van der Waals surface area contributed by atoms with Crippen molar-refractivity contribution in [3.05, 3.63) is 51.8 Å². The number of nitrogens with one attached hydrogen (secondary N) is 1.